The van der Waals surface area contributed by atoms with Crippen molar-refractivity contribution in [2.45, 2.75) is 58.4 Å². The average molecular weight is 353 g/mol. The molecule has 4 nitrogen and oxygen atoms in total. The molecule has 1 atom stereocenters. The number of carbonyl (C=O) groups is 2. The van der Waals surface area contributed by atoms with Crippen molar-refractivity contribution in [1.29, 1.82) is 0 Å². The van der Waals surface area contributed by atoms with Crippen LogP contribution in [0.15, 0.2) is 18.2 Å². The van der Waals surface area contributed by atoms with E-state index in [0.29, 0.717) is 6.54 Å². The molecule has 0 bridgehead atoms. The summed E-state index contributed by atoms with van der Waals surface area (Å²) >= 11 is 0. The van der Waals surface area contributed by atoms with E-state index in [1.54, 1.807) is 0 Å². The van der Waals surface area contributed by atoms with Crippen molar-refractivity contribution in [1.82, 2.24) is 10.6 Å². The average Bonchev–Trinajstić information content (AvgIpc) is 2.57. The number of aryl methyl sites for hydroxylation is 2. The smallest absolute Gasteiger partial charge is 0.220 e. The van der Waals surface area contributed by atoms with Gasteiger partial charge in [-0.2, -0.15) is 0 Å². The Morgan fingerprint density at radius 2 is 1.83 bits per heavy atom. The number of hydrogen-bond acceptors (Lipinski definition) is 3. The molecule has 1 aromatic rings. The van der Waals surface area contributed by atoms with Crippen molar-refractivity contribution in [3.8, 4) is 0 Å². The van der Waals surface area contributed by atoms with Gasteiger partial charge in [-0.25, -0.2) is 0 Å². The van der Waals surface area contributed by atoms with Crippen molar-refractivity contribution in [2.75, 3.05) is 13.1 Å². The standard InChI is InChI=1S/C19H28N2O2.ClH/c1-3-20-14(2)13-21-19(23)11-10-18(22)17-9-8-15-6-4-5-7-16(15)12-17;/h8-9,12,14,20H,3-7,10-11,13H2,1-2H3,(H,21,23);1H/t14-;/m1./s1. The molecule has 24 heavy (non-hydrogen) atoms. The monoisotopic (exact) mass is 352 g/mol. The Morgan fingerprint density at radius 1 is 1.12 bits per heavy atom. The van der Waals surface area contributed by atoms with Crippen LogP contribution in [-0.2, 0) is 17.6 Å². The molecule has 2 rings (SSSR count). The number of halogens is 1. The number of Topliss-reactive ketones (excluding diaryl/α,β-unsaturated/α-hetero) is 1. The number of amides is 1. The second-order valence-corrected chi connectivity index (χ2v) is 6.38. The minimum atomic E-state index is -0.0546. The van der Waals surface area contributed by atoms with E-state index in [9.17, 15) is 9.59 Å². The largest absolute Gasteiger partial charge is 0.355 e. The second-order valence-electron chi connectivity index (χ2n) is 6.38. The highest BCUT2D eigenvalue weighted by atomic mass is 35.5. The van der Waals surface area contributed by atoms with Gasteiger partial charge in [-0.1, -0.05) is 19.1 Å². The van der Waals surface area contributed by atoms with Crippen LogP contribution < -0.4 is 10.6 Å². The molecule has 2 N–H and O–H groups in total. The fourth-order valence-electron chi connectivity index (χ4n) is 3.05. The number of fused-ring (bicyclic) bond motifs is 1. The Bertz CT molecular complexity index is 560. The summed E-state index contributed by atoms with van der Waals surface area (Å²) in [5.74, 6) is 0.00863. The molecule has 1 aliphatic rings. The molecule has 0 fully saturated rings. The fraction of sp³-hybridized carbons (Fsp3) is 0.579. The zero-order chi connectivity index (χ0) is 16.7. The maximum atomic E-state index is 12.3. The van der Waals surface area contributed by atoms with Gasteiger partial charge in [0.1, 0.15) is 0 Å². The topological polar surface area (TPSA) is 58.2 Å². The lowest BCUT2D eigenvalue weighted by molar-refractivity contribution is -0.121. The Kier molecular flexibility index (Phi) is 9.01. The number of likely N-dealkylation sites (N-methyl/N-ethyl adjacent to an activating group) is 1. The summed E-state index contributed by atoms with van der Waals surface area (Å²) in [7, 11) is 0. The molecule has 0 unspecified atom stereocenters. The first-order valence-corrected chi connectivity index (χ1v) is 8.75. The minimum Gasteiger partial charge on any atom is -0.355 e. The molecular formula is C19H29ClN2O2. The van der Waals surface area contributed by atoms with Crippen LogP contribution in [0.3, 0.4) is 0 Å². The molecule has 0 saturated heterocycles. The molecule has 0 spiro atoms. The van der Waals surface area contributed by atoms with Crippen LogP contribution in [0.1, 0.15) is 61.0 Å². The summed E-state index contributed by atoms with van der Waals surface area (Å²) in [5.41, 5.74) is 3.44. The lowest BCUT2D eigenvalue weighted by Crippen LogP contribution is -2.38. The normalized spacial score (nSPS) is 14.2. The number of benzene rings is 1. The molecule has 1 aromatic carbocycles. The van der Waals surface area contributed by atoms with Crippen LogP contribution >= 0.6 is 12.4 Å². The van der Waals surface area contributed by atoms with Gasteiger partial charge >= 0.3 is 0 Å². The Hall–Kier alpha value is -1.39. The molecule has 0 aromatic heterocycles. The quantitative estimate of drug-likeness (QED) is 0.707. The highest BCUT2D eigenvalue weighted by Crippen LogP contribution is 2.22. The van der Waals surface area contributed by atoms with E-state index in [1.807, 2.05) is 26.0 Å². The second kappa shape index (κ2) is 10.5. The van der Waals surface area contributed by atoms with E-state index in [1.165, 1.54) is 24.0 Å². The first kappa shape index (κ1) is 20.7. The molecule has 0 heterocycles. The molecule has 1 amide bonds. The van der Waals surface area contributed by atoms with Crippen LogP contribution in [0.5, 0.6) is 0 Å². The van der Waals surface area contributed by atoms with Gasteiger partial charge in [0.25, 0.3) is 0 Å². The van der Waals surface area contributed by atoms with E-state index in [2.05, 4.69) is 16.7 Å². The molecule has 0 aliphatic heterocycles. The van der Waals surface area contributed by atoms with Gasteiger partial charge in [0, 0.05) is 31.0 Å². The number of ketones is 1. The summed E-state index contributed by atoms with van der Waals surface area (Å²) in [4.78, 5) is 24.1. The first-order valence-electron chi connectivity index (χ1n) is 8.75. The SMILES string of the molecule is CCN[C@H](C)CNC(=O)CCC(=O)c1ccc2c(c1)CCCC2.Cl. The molecule has 0 saturated carbocycles. The van der Waals surface area contributed by atoms with Crippen molar-refractivity contribution < 1.29 is 9.59 Å². The Labute approximate surface area is 151 Å². The van der Waals surface area contributed by atoms with Crippen LogP contribution in [0.25, 0.3) is 0 Å². The summed E-state index contributed by atoms with van der Waals surface area (Å²) < 4.78 is 0. The van der Waals surface area contributed by atoms with Crippen molar-refractivity contribution in [3.63, 3.8) is 0 Å². The molecule has 0 radical (unpaired) electrons. The van der Waals surface area contributed by atoms with Crippen LogP contribution in [0.2, 0.25) is 0 Å². The highest BCUT2D eigenvalue weighted by Gasteiger charge is 2.14. The van der Waals surface area contributed by atoms with Gasteiger partial charge in [-0.05, 0) is 56.3 Å². The summed E-state index contributed by atoms with van der Waals surface area (Å²) in [5, 5.41) is 6.11. The van der Waals surface area contributed by atoms with E-state index in [0.717, 1.165) is 24.9 Å². The van der Waals surface area contributed by atoms with Gasteiger partial charge in [0.15, 0.2) is 5.78 Å². The minimum absolute atomic E-state index is 0. The fourth-order valence-corrected chi connectivity index (χ4v) is 3.05. The van der Waals surface area contributed by atoms with Crippen molar-refractivity contribution in [2.24, 2.45) is 0 Å². The summed E-state index contributed by atoms with van der Waals surface area (Å²) in [6, 6.07) is 6.28. The van der Waals surface area contributed by atoms with Crippen LogP contribution in [-0.4, -0.2) is 30.8 Å². The zero-order valence-electron chi connectivity index (χ0n) is 14.7. The Morgan fingerprint density at radius 3 is 2.54 bits per heavy atom. The molecule has 1 aliphatic carbocycles. The Balaban J connectivity index is 0.00000288. The maximum absolute atomic E-state index is 12.3. The summed E-state index contributed by atoms with van der Waals surface area (Å²) in [6.07, 6.45) is 5.17. The third-order valence-electron chi connectivity index (χ3n) is 4.41. The van der Waals surface area contributed by atoms with E-state index < -0.39 is 0 Å². The highest BCUT2D eigenvalue weighted by molar-refractivity contribution is 5.98. The number of carbonyl (C=O) groups excluding carboxylic acids is 2. The first-order chi connectivity index (χ1) is 11.1. The number of hydrogen-bond donors (Lipinski definition) is 2. The third-order valence-corrected chi connectivity index (χ3v) is 4.41. The van der Waals surface area contributed by atoms with Gasteiger partial charge < -0.3 is 10.6 Å². The molecular weight excluding hydrogens is 324 g/mol. The van der Waals surface area contributed by atoms with Crippen molar-refractivity contribution >= 4 is 24.1 Å². The van der Waals surface area contributed by atoms with Gasteiger partial charge in [-0.15, -0.1) is 12.4 Å². The molecule has 134 valence electrons. The van der Waals surface area contributed by atoms with E-state index in [-0.39, 0.29) is 43.0 Å². The lowest BCUT2D eigenvalue weighted by Gasteiger charge is -2.16. The third kappa shape index (κ3) is 6.25. The maximum Gasteiger partial charge on any atom is 0.220 e. The predicted octanol–water partition coefficient (Wildman–Crippen LogP) is 3.06. The van der Waals surface area contributed by atoms with Gasteiger partial charge in [-0.3, -0.25) is 9.59 Å². The predicted molar refractivity (Wildman–Crippen MR) is 100 cm³/mol. The number of rotatable bonds is 8. The van der Waals surface area contributed by atoms with E-state index in [4.69, 9.17) is 0 Å². The van der Waals surface area contributed by atoms with Crippen LogP contribution in [0, 0.1) is 0 Å². The number of nitrogens with one attached hydrogen (secondary N) is 2. The lowest BCUT2D eigenvalue weighted by atomic mass is 9.89. The van der Waals surface area contributed by atoms with Gasteiger partial charge in [0.2, 0.25) is 5.91 Å². The zero-order valence-corrected chi connectivity index (χ0v) is 15.5. The summed E-state index contributed by atoms with van der Waals surface area (Å²) in [6.45, 7) is 5.55. The van der Waals surface area contributed by atoms with Gasteiger partial charge in [0.05, 0.1) is 0 Å². The van der Waals surface area contributed by atoms with Crippen LogP contribution in [0.4, 0.5) is 0 Å². The van der Waals surface area contributed by atoms with E-state index >= 15 is 0 Å². The molecule has 5 heteroatoms. The van der Waals surface area contributed by atoms with Crippen molar-refractivity contribution in [3.05, 3.63) is 34.9 Å².